The van der Waals surface area contributed by atoms with Crippen molar-refractivity contribution < 1.29 is 0 Å². The molecular formula is C17H28. The maximum atomic E-state index is 3.76. The summed E-state index contributed by atoms with van der Waals surface area (Å²) < 4.78 is 0. The van der Waals surface area contributed by atoms with Crippen LogP contribution in [0.4, 0.5) is 0 Å². The third-order valence-corrected chi connectivity index (χ3v) is 3.14. The highest BCUT2D eigenvalue weighted by atomic mass is 14.0. The molecule has 0 aromatic carbocycles. The number of allylic oxidation sites excluding steroid dienone is 7. The van der Waals surface area contributed by atoms with E-state index in [-0.39, 0.29) is 0 Å². The minimum atomic E-state index is 1.04. The van der Waals surface area contributed by atoms with Crippen LogP contribution in [-0.4, -0.2) is 0 Å². The lowest BCUT2D eigenvalue weighted by Gasteiger charge is -2.02. The SMILES string of the molecule is C=C/C(C)=C\C/C=C(\CC)CC/C=C(\C)CC. The predicted octanol–water partition coefficient (Wildman–Crippen LogP) is 5.98. The van der Waals surface area contributed by atoms with Gasteiger partial charge in [-0.1, -0.05) is 61.4 Å². The molecule has 0 bridgehead atoms. The number of hydrogen-bond donors (Lipinski definition) is 0. The molecule has 0 aromatic heterocycles. The number of hydrogen-bond acceptors (Lipinski definition) is 0. The van der Waals surface area contributed by atoms with Crippen molar-refractivity contribution in [3.05, 3.63) is 47.6 Å². The summed E-state index contributed by atoms with van der Waals surface area (Å²) >= 11 is 0. The Kier molecular flexibility index (Phi) is 9.52. The van der Waals surface area contributed by atoms with E-state index in [0.717, 1.165) is 6.42 Å². The minimum Gasteiger partial charge on any atom is -0.0988 e. The fourth-order valence-electron chi connectivity index (χ4n) is 1.57. The van der Waals surface area contributed by atoms with Gasteiger partial charge in [-0.25, -0.2) is 0 Å². The lowest BCUT2D eigenvalue weighted by Crippen LogP contribution is -1.82. The molecule has 96 valence electrons. The minimum absolute atomic E-state index is 1.04. The van der Waals surface area contributed by atoms with E-state index in [1.165, 1.54) is 36.8 Å². The molecule has 0 fully saturated rings. The third-order valence-electron chi connectivity index (χ3n) is 3.14. The first-order valence-electron chi connectivity index (χ1n) is 6.76. The highest BCUT2D eigenvalue weighted by Gasteiger charge is 1.93. The molecule has 0 saturated heterocycles. The van der Waals surface area contributed by atoms with Crippen LogP contribution in [0, 0.1) is 0 Å². The average molecular weight is 232 g/mol. The normalized spacial score (nSPS) is 14.0. The highest BCUT2D eigenvalue weighted by molar-refractivity contribution is 5.15. The van der Waals surface area contributed by atoms with Crippen LogP contribution in [0.1, 0.15) is 59.8 Å². The van der Waals surface area contributed by atoms with Gasteiger partial charge in [0.25, 0.3) is 0 Å². The molecule has 0 spiro atoms. The van der Waals surface area contributed by atoms with Crippen molar-refractivity contribution in [3.63, 3.8) is 0 Å². The summed E-state index contributed by atoms with van der Waals surface area (Å²) in [6, 6.07) is 0. The van der Waals surface area contributed by atoms with E-state index in [4.69, 9.17) is 0 Å². The van der Waals surface area contributed by atoms with Gasteiger partial charge in [-0.05, 0) is 46.0 Å². The van der Waals surface area contributed by atoms with E-state index in [1.54, 1.807) is 5.57 Å². The lowest BCUT2D eigenvalue weighted by molar-refractivity contribution is 0.888. The van der Waals surface area contributed by atoms with Crippen LogP contribution in [0.5, 0.6) is 0 Å². The van der Waals surface area contributed by atoms with Crippen molar-refractivity contribution in [2.24, 2.45) is 0 Å². The first kappa shape index (κ1) is 16.0. The zero-order chi connectivity index (χ0) is 13.1. The van der Waals surface area contributed by atoms with E-state index in [0.29, 0.717) is 0 Å². The fraction of sp³-hybridized carbons (Fsp3) is 0.529. The molecule has 0 atom stereocenters. The van der Waals surface area contributed by atoms with Crippen LogP contribution in [0.2, 0.25) is 0 Å². The molecule has 0 nitrogen and oxygen atoms in total. The van der Waals surface area contributed by atoms with Gasteiger partial charge in [0.05, 0.1) is 0 Å². The van der Waals surface area contributed by atoms with E-state index in [2.05, 4.69) is 52.5 Å². The van der Waals surface area contributed by atoms with E-state index >= 15 is 0 Å². The van der Waals surface area contributed by atoms with Crippen molar-refractivity contribution in [2.45, 2.75) is 59.8 Å². The van der Waals surface area contributed by atoms with Crippen molar-refractivity contribution in [1.29, 1.82) is 0 Å². The Labute approximate surface area is 108 Å². The molecule has 0 amide bonds. The first-order valence-corrected chi connectivity index (χ1v) is 6.76. The molecule has 0 aliphatic carbocycles. The molecule has 0 heteroatoms. The monoisotopic (exact) mass is 232 g/mol. The van der Waals surface area contributed by atoms with Crippen molar-refractivity contribution >= 4 is 0 Å². The largest absolute Gasteiger partial charge is 0.0988 e. The van der Waals surface area contributed by atoms with Gasteiger partial charge in [-0.2, -0.15) is 0 Å². The molecule has 17 heavy (non-hydrogen) atoms. The molecule has 0 aromatic rings. The van der Waals surface area contributed by atoms with E-state index < -0.39 is 0 Å². The maximum Gasteiger partial charge on any atom is -0.0161 e. The van der Waals surface area contributed by atoms with Crippen LogP contribution in [-0.2, 0) is 0 Å². The Morgan fingerprint density at radius 3 is 2.24 bits per heavy atom. The zero-order valence-electron chi connectivity index (χ0n) is 12.1. The van der Waals surface area contributed by atoms with E-state index in [9.17, 15) is 0 Å². The molecule has 0 rings (SSSR count). The van der Waals surface area contributed by atoms with Crippen LogP contribution in [0.3, 0.4) is 0 Å². The summed E-state index contributed by atoms with van der Waals surface area (Å²) in [5.74, 6) is 0. The Bertz CT molecular complexity index is 300. The molecular weight excluding hydrogens is 204 g/mol. The topological polar surface area (TPSA) is 0 Å². The number of rotatable bonds is 8. The second-order valence-electron chi connectivity index (χ2n) is 4.55. The van der Waals surface area contributed by atoms with Crippen LogP contribution < -0.4 is 0 Å². The van der Waals surface area contributed by atoms with Crippen molar-refractivity contribution in [3.8, 4) is 0 Å². The van der Waals surface area contributed by atoms with Gasteiger partial charge < -0.3 is 0 Å². The fourth-order valence-corrected chi connectivity index (χ4v) is 1.57. The lowest BCUT2D eigenvalue weighted by atomic mass is 10.0. The average Bonchev–Trinajstić information content (AvgIpc) is 2.36. The quantitative estimate of drug-likeness (QED) is 0.356. The molecule has 0 unspecified atom stereocenters. The van der Waals surface area contributed by atoms with Gasteiger partial charge in [-0.15, -0.1) is 0 Å². The Morgan fingerprint density at radius 2 is 1.71 bits per heavy atom. The molecule has 0 heterocycles. The van der Waals surface area contributed by atoms with E-state index in [1.807, 2.05) is 6.08 Å². The summed E-state index contributed by atoms with van der Waals surface area (Å²) in [6.45, 7) is 12.5. The Morgan fingerprint density at radius 1 is 1.00 bits per heavy atom. The second-order valence-corrected chi connectivity index (χ2v) is 4.55. The summed E-state index contributed by atoms with van der Waals surface area (Å²) in [6.07, 6.45) is 14.6. The molecule has 0 N–H and O–H groups in total. The molecule has 0 saturated carbocycles. The van der Waals surface area contributed by atoms with Crippen molar-refractivity contribution in [1.82, 2.24) is 0 Å². The van der Waals surface area contributed by atoms with Gasteiger partial charge in [-0.3, -0.25) is 0 Å². The summed E-state index contributed by atoms with van der Waals surface area (Å²) in [4.78, 5) is 0. The molecule has 0 aliphatic rings. The van der Waals surface area contributed by atoms with Gasteiger partial charge >= 0.3 is 0 Å². The summed E-state index contributed by atoms with van der Waals surface area (Å²) in [5.41, 5.74) is 4.33. The van der Waals surface area contributed by atoms with Crippen LogP contribution >= 0.6 is 0 Å². The smallest absolute Gasteiger partial charge is 0.0161 e. The maximum absolute atomic E-state index is 3.76. The van der Waals surface area contributed by atoms with Gasteiger partial charge in [0, 0.05) is 0 Å². The van der Waals surface area contributed by atoms with Gasteiger partial charge in [0.2, 0.25) is 0 Å². The Balaban J connectivity index is 4.15. The first-order chi connectivity index (χ1) is 8.13. The van der Waals surface area contributed by atoms with Crippen molar-refractivity contribution in [2.75, 3.05) is 0 Å². The summed E-state index contributed by atoms with van der Waals surface area (Å²) in [5, 5.41) is 0. The highest BCUT2D eigenvalue weighted by Crippen LogP contribution is 2.13. The standard InChI is InChI=1S/C17H28/c1-6-15(4)11-9-13-17(8-3)14-10-12-16(5)7-2/h6,11-13H,1,7-10,14H2,2-5H3/b15-11-,16-12+,17-13+. The van der Waals surface area contributed by atoms with Crippen LogP contribution in [0.25, 0.3) is 0 Å². The van der Waals surface area contributed by atoms with Gasteiger partial charge in [0.15, 0.2) is 0 Å². The predicted molar refractivity (Wildman–Crippen MR) is 80.2 cm³/mol. The summed E-state index contributed by atoms with van der Waals surface area (Å²) in [7, 11) is 0. The van der Waals surface area contributed by atoms with Crippen LogP contribution in [0.15, 0.2) is 47.6 Å². The zero-order valence-corrected chi connectivity index (χ0v) is 12.1. The van der Waals surface area contributed by atoms with Gasteiger partial charge in [0.1, 0.15) is 0 Å². The Hall–Kier alpha value is -1.04. The second kappa shape index (κ2) is 10.1. The molecule has 0 aliphatic heterocycles. The third kappa shape index (κ3) is 8.74. The molecule has 0 radical (unpaired) electrons.